The predicted molar refractivity (Wildman–Crippen MR) is 134 cm³/mol. The molecule has 0 saturated carbocycles. The fourth-order valence-electron chi connectivity index (χ4n) is 3.93. The van der Waals surface area contributed by atoms with E-state index in [0.717, 1.165) is 30.4 Å². The van der Waals surface area contributed by atoms with Gasteiger partial charge in [0.2, 0.25) is 0 Å². The largest absolute Gasteiger partial charge is 0.454 e. The molecule has 193 valence electrons. The molecule has 0 aromatic heterocycles. The summed E-state index contributed by atoms with van der Waals surface area (Å²) in [5.41, 5.74) is 0.416. The first-order valence-corrected chi connectivity index (χ1v) is 12.6. The number of ether oxygens (including phenoxy) is 2. The average molecular weight is 502 g/mol. The van der Waals surface area contributed by atoms with E-state index in [2.05, 4.69) is 13.0 Å². The molecule has 0 aliphatic rings. The summed E-state index contributed by atoms with van der Waals surface area (Å²) in [6.45, 7) is 4.06. The van der Waals surface area contributed by atoms with Crippen LogP contribution in [0.2, 0.25) is 0 Å². The number of aryl methyl sites for hydroxylation is 2. The van der Waals surface area contributed by atoms with E-state index in [0.29, 0.717) is 6.07 Å². The second-order valence-electron chi connectivity index (χ2n) is 9.06. The number of hydrogen-bond donors (Lipinski definition) is 0. The van der Waals surface area contributed by atoms with Gasteiger partial charge in [0, 0.05) is 6.07 Å². The van der Waals surface area contributed by atoms with Gasteiger partial charge in [-0.25, -0.2) is 8.78 Å². The highest BCUT2D eigenvalue weighted by Crippen LogP contribution is 2.38. The van der Waals surface area contributed by atoms with Crippen molar-refractivity contribution in [2.75, 3.05) is 0 Å². The smallest absolute Gasteiger partial charge is 0.432 e. The third kappa shape index (κ3) is 8.00. The summed E-state index contributed by atoms with van der Waals surface area (Å²) in [4.78, 5) is 0. The Kier molecular flexibility index (Phi) is 10.2. The fraction of sp³-hybridized carbons (Fsp3) is 0.400. The topological polar surface area (TPSA) is 18.5 Å². The molecule has 6 heteroatoms. The molecule has 0 unspecified atom stereocenters. The SMILES string of the molecule is CCCCCCCCCCc1ccc(OC(F)(F)c2c(F)c[c]c(Oc3ccc(C)cc3)c2F)cc1. The fourth-order valence-corrected chi connectivity index (χ4v) is 3.93. The Morgan fingerprint density at radius 3 is 2.00 bits per heavy atom. The van der Waals surface area contributed by atoms with Gasteiger partial charge in [0.15, 0.2) is 11.6 Å². The van der Waals surface area contributed by atoms with Gasteiger partial charge in [0.25, 0.3) is 0 Å². The minimum absolute atomic E-state index is 0.188. The first kappa shape index (κ1) is 27.6. The Bertz CT molecular complexity index is 1080. The van der Waals surface area contributed by atoms with Gasteiger partial charge in [-0.2, -0.15) is 8.78 Å². The molecule has 0 spiro atoms. The quantitative estimate of drug-likeness (QED) is 0.162. The van der Waals surface area contributed by atoms with Crippen molar-refractivity contribution in [2.24, 2.45) is 0 Å². The Labute approximate surface area is 211 Å². The van der Waals surface area contributed by atoms with Gasteiger partial charge >= 0.3 is 6.11 Å². The standard InChI is InChI=1S/C30H33F4O2/c1-3-4-5-6-7-8-9-10-11-23-14-18-25(19-15-23)36-30(33,34)28-26(31)20-21-27(29(28)32)35-24-16-12-22(2)13-17-24/h12-20H,3-11H2,1-2H3. The normalized spacial score (nSPS) is 11.5. The average Bonchev–Trinajstić information content (AvgIpc) is 2.84. The minimum atomic E-state index is -4.26. The van der Waals surface area contributed by atoms with Crippen molar-refractivity contribution in [2.45, 2.75) is 77.7 Å². The first-order chi connectivity index (χ1) is 17.3. The van der Waals surface area contributed by atoms with Gasteiger partial charge < -0.3 is 9.47 Å². The van der Waals surface area contributed by atoms with Crippen LogP contribution in [0.25, 0.3) is 0 Å². The molecule has 0 aliphatic heterocycles. The summed E-state index contributed by atoms with van der Waals surface area (Å²) < 4.78 is 69.0. The van der Waals surface area contributed by atoms with Crippen LogP contribution in [0.3, 0.4) is 0 Å². The van der Waals surface area contributed by atoms with Gasteiger partial charge in [-0.3, -0.25) is 0 Å². The molecule has 0 aliphatic carbocycles. The zero-order valence-corrected chi connectivity index (χ0v) is 20.9. The molecule has 0 amide bonds. The van der Waals surface area contributed by atoms with E-state index in [1.165, 1.54) is 50.7 Å². The minimum Gasteiger partial charge on any atom is -0.454 e. The lowest BCUT2D eigenvalue weighted by molar-refractivity contribution is -0.189. The van der Waals surface area contributed by atoms with Crippen molar-refractivity contribution in [1.29, 1.82) is 0 Å². The van der Waals surface area contributed by atoms with Crippen LogP contribution in [0.1, 0.15) is 75.0 Å². The lowest BCUT2D eigenvalue weighted by Crippen LogP contribution is -2.25. The summed E-state index contributed by atoms with van der Waals surface area (Å²) in [6.07, 6.45) is 6.25. The van der Waals surface area contributed by atoms with Crippen LogP contribution in [0.4, 0.5) is 17.6 Å². The number of rotatable bonds is 14. The maximum atomic E-state index is 14.9. The predicted octanol–water partition coefficient (Wildman–Crippen LogP) is 9.68. The molecule has 0 saturated heterocycles. The summed E-state index contributed by atoms with van der Waals surface area (Å²) in [5, 5.41) is 0. The highest BCUT2D eigenvalue weighted by molar-refractivity contribution is 5.38. The molecule has 0 N–H and O–H groups in total. The Hall–Kier alpha value is -3.02. The van der Waals surface area contributed by atoms with Gasteiger partial charge in [0.1, 0.15) is 22.9 Å². The van der Waals surface area contributed by atoms with Gasteiger partial charge in [-0.05, 0) is 55.7 Å². The van der Waals surface area contributed by atoms with Crippen LogP contribution in [-0.2, 0) is 12.5 Å². The van der Waals surface area contributed by atoms with E-state index in [1.807, 2.05) is 6.92 Å². The van der Waals surface area contributed by atoms with Crippen molar-refractivity contribution in [1.82, 2.24) is 0 Å². The molecular weight excluding hydrogens is 468 g/mol. The molecular formula is C30H33F4O2. The van der Waals surface area contributed by atoms with E-state index < -0.39 is 29.1 Å². The highest BCUT2D eigenvalue weighted by Gasteiger charge is 2.42. The summed E-state index contributed by atoms with van der Waals surface area (Å²) in [7, 11) is 0. The van der Waals surface area contributed by atoms with E-state index in [-0.39, 0.29) is 11.5 Å². The molecule has 0 bridgehead atoms. The van der Waals surface area contributed by atoms with Crippen molar-refractivity contribution in [3.8, 4) is 17.2 Å². The van der Waals surface area contributed by atoms with Crippen LogP contribution >= 0.6 is 0 Å². The van der Waals surface area contributed by atoms with E-state index in [4.69, 9.17) is 9.47 Å². The number of alkyl halides is 2. The lowest BCUT2D eigenvalue weighted by Gasteiger charge is -2.20. The molecule has 3 aromatic rings. The van der Waals surface area contributed by atoms with Gasteiger partial charge in [0.05, 0.1) is 0 Å². The van der Waals surface area contributed by atoms with E-state index in [1.54, 1.807) is 36.4 Å². The number of benzene rings is 3. The molecule has 36 heavy (non-hydrogen) atoms. The first-order valence-electron chi connectivity index (χ1n) is 12.6. The van der Waals surface area contributed by atoms with Gasteiger partial charge in [-0.15, -0.1) is 0 Å². The van der Waals surface area contributed by atoms with Crippen molar-refractivity contribution < 1.29 is 27.0 Å². The van der Waals surface area contributed by atoms with E-state index in [9.17, 15) is 17.6 Å². The monoisotopic (exact) mass is 501 g/mol. The third-order valence-corrected chi connectivity index (χ3v) is 6.01. The van der Waals surface area contributed by atoms with Crippen molar-refractivity contribution >= 4 is 0 Å². The van der Waals surface area contributed by atoms with Crippen molar-refractivity contribution in [3.63, 3.8) is 0 Å². The highest BCUT2D eigenvalue weighted by atomic mass is 19.3. The molecule has 2 nitrogen and oxygen atoms in total. The molecule has 1 radical (unpaired) electrons. The van der Waals surface area contributed by atoms with Gasteiger partial charge in [-0.1, -0.05) is 81.7 Å². The summed E-state index contributed by atoms with van der Waals surface area (Å²) in [6, 6.07) is 15.6. The van der Waals surface area contributed by atoms with E-state index >= 15 is 0 Å². The molecule has 3 aromatic carbocycles. The molecule has 0 fully saturated rings. The zero-order valence-electron chi connectivity index (χ0n) is 20.9. The Balaban J connectivity index is 1.59. The lowest BCUT2D eigenvalue weighted by atomic mass is 10.0. The number of hydrogen-bond acceptors (Lipinski definition) is 2. The molecule has 3 rings (SSSR count). The maximum Gasteiger partial charge on any atom is 0.432 e. The molecule has 0 heterocycles. The Morgan fingerprint density at radius 2 is 1.36 bits per heavy atom. The second-order valence-corrected chi connectivity index (χ2v) is 9.06. The summed E-state index contributed by atoms with van der Waals surface area (Å²) >= 11 is 0. The number of unbranched alkanes of at least 4 members (excludes halogenated alkanes) is 7. The van der Waals surface area contributed by atoms with Crippen LogP contribution < -0.4 is 9.47 Å². The van der Waals surface area contributed by atoms with Crippen LogP contribution in [-0.4, -0.2) is 0 Å². The van der Waals surface area contributed by atoms with Crippen LogP contribution in [0.5, 0.6) is 17.2 Å². The second kappa shape index (κ2) is 13.3. The van der Waals surface area contributed by atoms with Crippen LogP contribution in [0.15, 0.2) is 54.6 Å². The number of halogens is 4. The maximum absolute atomic E-state index is 14.9. The third-order valence-electron chi connectivity index (χ3n) is 6.01. The van der Waals surface area contributed by atoms with Crippen LogP contribution in [0, 0.1) is 24.6 Å². The van der Waals surface area contributed by atoms with Crippen molar-refractivity contribution in [3.05, 3.63) is 89.0 Å². The zero-order chi connectivity index (χ0) is 26.0. The Morgan fingerprint density at radius 1 is 0.778 bits per heavy atom. The summed E-state index contributed by atoms with van der Waals surface area (Å²) in [5.74, 6) is -3.65. The molecule has 0 atom stereocenters.